The summed E-state index contributed by atoms with van der Waals surface area (Å²) in [5, 5.41) is 7.49. The molecule has 0 aliphatic rings. The molecule has 0 saturated carbocycles. The van der Waals surface area contributed by atoms with Gasteiger partial charge < -0.3 is 9.32 Å². The predicted molar refractivity (Wildman–Crippen MR) is 225 cm³/mol. The van der Waals surface area contributed by atoms with Crippen molar-refractivity contribution in [3.63, 3.8) is 0 Å². The molecular weight excluding hydrogens is 671 g/mol. The minimum atomic E-state index is 0.879. The Hall–Kier alpha value is -6.20. The molecule has 0 saturated heterocycles. The second-order valence-corrected chi connectivity index (χ2v) is 15.4. The molecule has 0 N–H and O–H groups in total. The first-order chi connectivity index (χ1) is 25.8. The minimum Gasteiger partial charge on any atom is -0.456 e. The summed E-state index contributed by atoms with van der Waals surface area (Å²) >= 11 is 3.73. The molecule has 0 unspecified atom stereocenters. The van der Waals surface area contributed by atoms with Gasteiger partial charge >= 0.3 is 0 Å². The van der Waals surface area contributed by atoms with Gasteiger partial charge in [0.2, 0.25) is 0 Å². The molecule has 3 heterocycles. The number of rotatable bonds is 5. The molecule has 0 spiro atoms. The van der Waals surface area contributed by atoms with Gasteiger partial charge in [-0.1, -0.05) is 115 Å². The first-order valence-electron chi connectivity index (χ1n) is 17.5. The van der Waals surface area contributed by atoms with Crippen LogP contribution in [0.25, 0.3) is 84.5 Å². The van der Waals surface area contributed by atoms with Crippen LogP contribution in [0.15, 0.2) is 180 Å². The molecule has 0 aliphatic heterocycles. The van der Waals surface area contributed by atoms with E-state index in [0.717, 1.165) is 39.0 Å². The van der Waals surface area contributed by atoms with Gasteiger partial charge in [-0.25, -0.2) is 0 Å². The lowest BCUT2D eigenvalue weighted by molar-refractivity contribution is 0.669. The smallest absolute Gasteiger partial charge is 0.137 e. The van der Waals surface area contributed by atoms with Crippen molar-refractivity contribution >= 4 is 102 Å². The fourth-order valence-corrected chi connectivity index (χ4v) is 10.3. The van der Waals surface area contributed by atoms with Crippen molar-refractivity contribution in [2.75, 3.05) is 4.90 Å². The third-order valence-corrected chi connectivity index (χ3v) is 12.7. The van der Waals surface area contributed by atoms with Crippen molar-refractivity contribution in [3.05, 3.63) is 176 Å². The van der Waals surface area contributed by atoms with Crippen molar-refractivity contribution in [1.29, 1.82) is 0 Å². The lowest BCUT2D eigenvalue weighted by atomic mass is 9.99. The average Bonchev–Trinajstić information content (AvgIpc) is 3.90. The van der Waals surface area contributed by atoms with Crippen LogP contribution in [-0.4, -0.2) is 0 Å². The van der Waals surface area contributed by atoms with Crippen LogP contribution in [0.4, 0.5) is 17.1 Å². The van der Waals surface area contributed by atoms with Crippen LogP contribution in [-0.2, 0) is 0 Å². The molecule has 4 heteroatoms. The molecule has 11 rings (SSSR count). The Labute approximate surface area is 308 Å². The number of para-hydroxylation sites is 1. The fourth-order valence-electron chi connectivity index (χ4n) is 7.94. The van der Waals surface area contributed by atoms with Gasteiger partial charge in [0.25, 0.3) is 0 Å². The Bertz CT molecular complexity index is 3130. The van der Waals surface area contributed by atoms with Crippen molar-refractivity contribution in [2.45, 2.75) is 0 Å². The SMILES string of the molecule is c1ccc2c(c1)oc1cccc(N(c3ccc(-c4cccc5c4sc4ccccc45)cc3)c3ccc(-c4cccc5sc6ccccc6c45)cc3)c12. The lowest BCUT2D eigenvalue weighted by Gasteiger charge is -2.26. The molecule has 0 atom stereocenters. The fraction of sp³-hybridized carbons (Fsp3) is 0. The zero-order valence-corrected chi connectivity index (χ0v) is 29.5. The second kappa shape index (κ2) is 11.7. The van der Waals surface area contributed by atoms with Crippen LogP contribution in [0.1, 0.15) is 0 Å². The Morgan fingerprint density at radius 2 is 0.923 bits per heavy atom. The number of nitrogens with zero attached hydrogens (tertiary/aromatic N) is 1. The van der Waals surface area contributed by atoms with Crippen LogP contribution in [0.3, 0.4) is 0 Å². The zero-order chi connectivity index (χ0) is 34.2. The topological polar surface area (TPSA) is 16.4 Å². The maximum absolute atomic E-state index is 6.38. The monoisotopic (exact) mass is 699 g/mol. The van der Waals surface area contributed by atoms with E-state index >= 15 is 0 Å². The van der Waals surface area contributed by atoms with Gasteiger partial charge in [0.1, 0.15) is 11.2 Å². The highest BCUT2D eigenvalue weighted by Crippen LogP contribution is 2.46. The van der Waals surface area contributed by atoms with E-state index in [4.69, 9.17) is 4.42 Å². The van der Waals surface area contributed by atoms with E-state index in [-0.39, 0.29) is 0 Å². The van der Waals surface area contributed by atoms with E-state index in [1.807, 2.05) is 28.7 Å². The quantitative estimate of drug-likeness (QED) is 0.178. The van der Waals surface area contributed by atoms with Crippen LogP contribution in [0.5, 0.6) is 0 Å². The molecule has 0 radical (unpaired) electrons. The van der Waals surface area contributed by atoms with Crippen LogP contribution < -0.4 is 4.90 Å². The highest BCUT2D eigenvalue weighted by Gasteiger charge is 2.20. The Kier molecular flexibility index (Phi) is 6.63. The number of thiophene rings is 2. The minimum absolute atomic E-state index is 0.879. The van der Waals surface area contributed by atoms with Crippen LogP contribution in [0, 0.1) is 0 Å². The summed E-state index contributed by atoms with van der Waals surface area (Å²) in [5.74, 6) is 0. The molecule has 0 amide bonds. The molecule has 11 aromatic rings. The highest BCUT2D eigenvalue weighted by molar-refractivity contribution is 7.26. The zero-order valence-electron chi connectivity index (χ0n) is 27.9. The number of furan rings is 1. The van der Waals surface area contributed by atoms with E-state index in [1.54, 1.807) is 0 Å². The Balaban J connectivity index is 1.07. The molecule has 3 aromatic heterocycles. The number of benzene rings is 8. The van der Waals surface area contributed by atoms with E-state index in [1.165, 1.54) is 62.6 Å². The molecule has 2 nitrogen and oxygen atoms in total. The third-order valence-electron chi connectivity index (χ3n) is 10.3. The summed E-state index contributed by atoms with van der Waals surface area (Å²) < 4.78 is 11.7. The van der Waals surface area contributed by atoms with Gasteiger partial charge in [-0.2, -0.15) is 0 Å². The largest absolute Gasteiger partial charge is 0.456 e. The van der Waals surface area contributed by atoms with E-state index < -0.39 is 0 Å². The van der Waals surface area contributed by atoms with E-state index in [9.17, 15) is 0 Å². The van der Waals surface area contributed by atoms with E-state index in [0.29, 0.717) is 0 Å². The third kappa shape index (κ3) is 4.55. The standard InChI is InChI=1S/C48H29NOS2/c1-4-17-41-38(11-1)47-40(16-9-18-42(47)50-41)49(32-26-22-30(23-27-32)34-13-8-21-45-46(34)39-12-3-6-20-44(39)51-45)33-28-24-31(25-29-33)35-14-7-15-37-36-10-2-5-19-43(36)52-48(35)37/h1-29H. The highest BCUT2D eigenvalue weighted by atomic mass is 32.1. The maximum atomic E-state index is 6.38. The number of hydrogen-bond acceptors (Lipinski definition) is 4. The second-order valence-electron chi connectivity index (χ2n) is 13.2. The number of hydrogen-bond donors (Lipinski definition) is 0. The molecule has 0 fully saturated rings. The Morgan fingerprint density at radius 1 is 0.365 bits per heavy atom. The van der Waals surface area contributed by atoms with Gasteiger partial charge in [-0.15, -0.1) is 22.7 Å². The summed E-state index contributed by atoms with van der Waals surface area (Å²) in [6.45, 7) is 0. The summed E-state index contributed by atoms with van der Waals surface area (Å²) in [7, 11) is 0. The van der Waals surface area contributed by atoms with Crippen molar-refractivity contribution in [1.82, 2.24) is 0 Å². The molecule has 244 valence electrons. The van der Waals surface area contributed by atoms with Gasteiger partial charge in [0, 0.05) is 57.1 Å². The molecular formula is C48H29NOS2. The summed E-state index contributed by atoms with van der Waals surface area (Å²) in [6, 6.07) is 63.6. The molecule has 0 aliphatic carbocycles. The summed E-state index contributed by atoms with van der Waals surface area (Å²) in [4.78, 5) is 2.37. The summed E-state index contributed by atoms with van der Waals surface area (Å²) in [5.41, 5.74) is 9.96. The first-order valence-corrected chi connectivity index (χ1v) is 19.1. The van der Waals surface area contributed by atoms with Crippen LogP contribution in [0.2, 0.25) is 0 Å². The normalized spacial score (nSPS) is 11.8. The first kappa shape index (κ1) is 29.5. The molecule has 0 bridgehead atoms. The maximum Gasteiger partial charge on any atom is 0.137 e. The molecule has 52 heavy (non-hydrogen) atoms. The van der Waals surface area contributed by atoms with Gasteiger partial charge in [0.05, 0.1) is 11.1 Å². The lowest BCUT2D eigenvalue weighted by Crippen LogP contribution is -2.10. The Morgan fingerprint density at radius 3 is 1.71 bits per heavy atom. The number of anilines is 3. The van der Waals surface area contributed by atoms with Gasteiger partial charge in [-0.05, 0) is 82.9 Å². The van der Waals surface area contributed by atoms with Crippen molar-refractivity contribution < 1.29 is 4.42 Å². The van der Waals surface area contributed by atoms with Crippen molar-refractivity contribution in [3.8, 4) is 22.3 Å². The van der Waals surface area contributed by atoms with Gasteiger partial charge in [-0.3, -0.25) is 0 Å². The summed E-state index contributed by atoms with van der Waals surface area (Å²) in [6.07, 6.45) is 0. The molecule has 8 aromatic carbocycles. The number of fused-ring (bicyclic) bond motifs is 9. The van der Waals surface area contributed by atoms with Crippen LogP contribution >= 0.6 is 22.7 Å². The van der Waals surface area contributed by atoms with Gasteiger partial charge in [0.15, 0.2) is 0 Å². The average molecular weight is 700 g/mol. The van der Waals surface area contributed by atoms with E-state index in [2.05, 4.69) is 175 Å². The predicted octanol–water partition coefficient (Wildman–Crippen LogP) is 15.1. The van der Waals surface area contributed by atoms with Crippen molar-refractivity contribution in [2.24, 2.45) is 0 Å².